The lowest BCUT2D eigenvalue weighted by Gasteiger charge is -2.13. The van der Waals surface area contributed by atoms with Crippen LogP contribution in [0.2, 0.25) is 0 Å². The Kier molecular flexibility index (Phi) is 5.76. The maximum atomic E-state index is 6.00. The van der Waals surface area contributed by atoms with Gasteiger partial charge in [-0.15, -0.1) is 11.3 Å². The summed E-state index contributed by atoms with van der Waals surface area (Å²) < 4.78 is 6.00. The number of rotatable bonds is 7. The van der Waals surface area contributed by atoms with Crippen molar-refractivity contribution in [2.24, 2.45) is 0 Å². The molecule has 0 fully saturated rings. The Morgan fingerprint density at radius 3 is 2.57 bits per heavy atom. The van der Waals surface area contributed by atoms with Gasteiger partial charge < -0.3 is 10.1 Å². The molecule has 0 aliphatic heterocycles. The van der Waals surface area contributed by atoms with Crippen molar-refractivity contribution in [3.63, 3.8) is 0 Å². The van der Waals surface area contributed by atoms with Crippen LogP contribution >= 0.6 is 11.3 Å². The van der Waals surface area contributed by atoms with Gasteiger partial charge in [0.25, 0.3) is 0 Å². The monoisotopic (exact) mass is 304 g/mol. The Balaban J connectivity index is 2.05. The molecule has 2 rings (SSSR count). The molecule has 21 heavy (non-hydrogen) atoms. The number of aryl methyl sites for hydroxylation is 3. The molecule has 3 nitrogen and oxygen atoms in total. The van der Waals surface area contributed by atoms with Crippen LogP contribution in [0.3, 0.4) is 0 Å². The van der Waals surface area contributed by atoms with Crippen molar-refractivity contribution in [1.82, 2.24) is 10.3 Å². The van der Waals surface area contributed by atoms with Crippen molar-refractivity contribution < 1.29 is 4.74 Å². The van der Waals surface area contributed by atoms with E-state index in [4.69, 9.17) is 4.74 Å². The van der Waals surface area contributed by atoms with Crippen molar-refractivity contribution in [3.8, 4) is 5.75 Å². The van der Waals surface area contributed by atoms with Crippen LogP contribution in [0.5, 0.6) is 5.75 Å². The third-order valence-corrected chi connectivity index (χ3v) is 4.29. The molecule has 0 aliphatic rings. The summed E-state index contributed by atoms with van der Waals surface area (Å²) in [6.45, 7) is 7.81. The van der Waals surface area contributed by atoms with Crippen molar-refractivity contribution >= 4 is 11.3 Å². The summed E-state index contributed by atoms with van der Waals surface area (Å²) in [6.07, 6.45) is 2.19. The molecule has 0 aliphatic carbocycles. The van der Waals surface area contributed by atoms with E-state index in [0.29, 0.717) is 6.61 Å². The molecular formula is C17H24N2OS. The van der Waals surface area contributed by atoms with E-state index in [0.717, 1.165) is 30.8 Å². The van der Waals surface area contributed by atoms with Crippen LogP contribution in [-0.2, 0) is 19.6 Å². The molecule has 1 aromatic carbocycles. The Morgan fingerprint density at radius 2 is 1.95 bits per heavy atom. The third kappa shape index (κ3) is 4.29. The van der Waals surface area contributed by atoms with E-state index in [-0.39, 0.29) is 0 Å². The topological polar surface area (TPSA) is 34.1 Å². The van der Waals surface area contributed by atoms with E-state index >= 15 is 0 Å². The summed E-state index contributed by atoms with van der Waals surface area (Å²) in [5.41, 5.74) is 4.69. The number of hydrogen-bond donors (Lipinski definition) is 1. The summed E-state index contributed by atoms with van der Waals surface area (Å²) in [7, 11) is 1.96. The first-order chi connectivity index (χ1) is 10.1. The molecule has 0 amide bonds. The van der Waals surface area contributed by atoms with Gasteiger partial charge in [-0.05, 0) is 50.4 Å². The molecule has 0 unspecified atom stereocenters. The second-order valence-corrected chi connectivity index (χ2v) is 6.30. The van der Waals surface area contributed by atoms with Gasteiger partial charge in [0.2, 0.25) is 0 Å². The van der Waals surface area contributed by atoms with E-state index < -0.39 is 0 Å². The van der Waals surface area contributed by atoms with Crippen LogP contribution in [0.4, 0.5) is 0 Å². The number of aromatic nitrogens is 1. The van der Waals surface area contributed by atoms with Crippen molar-refractivity contribution in [2.45, 2.75) is 46.8 Å². The summed E-state index contributed by atoms with van der Waals surface area (Å²) in [5, 5.41) is 6.49. The fourth-order valence-corrected chi connectivity index (χ4v) is 3.35. The highest BCUT2D eigenvalue weighted by molar-refractivity contribution is 7.09. The molecular weight excluding hydrogens is 280 g/mol. The molecule has 1 heterocycles. The Morgan fingerprint density at radius 1 is 1.24 bits per heavy atom. The molecule has 0 saturated heterocycles. The molecule has 0 saturated carbocycles. The predicted molar refractivity (Wildman–Crippen MR) is 89.1 cm³/mol. The van der Waals surface area contributed by atoms with E-state index in [1.807, 2.05) is 7.05 Å². The molecule has 0 bridgehead atoms. The molecule has 0 radical (unpaired) electrons. The quantitative estimate of drug-likeness (QED) is 0.839. The SMILES string of the molecule is CCCc1nc(COc2c(C)cc(CNC)cc2C)cs1. The predicted octanol–water partition coefficient (Wildman–Crippen LogP) is 4.01. The van der Waals surface area contributed by atoms with Crippen LogP contribution in [0.1, 0.15) is 40.7 Å². The zero-order valence-electron chi connectivity index (χ0n) is 13.3. The standard InChI is InChI=1S/C17H24N2OS/c1-5-6-16-19-15(11-21-16)10-20-17-12(2)7-14(9-18-4)8-13(17)3/h7-8,11,18H,5-6,9-10H2,1-4H3. The number of ether oxygens (including phenoxy) is 1. The normalized spacial score (nSPS) is 10.9. The second kappa shape index (κ2) is 7.57. The number of thiazole rings is 1. The average Bonchev–Trinajstić information content (AvgIpc) is 2.86. The fourth-order valence-electron chi connectivity index (χ4n) is 2.46. The number of nitrogens with one attached hydrogen (secondary N) is 1. The van der Waals surface area contributed by atoms with Crippen molar-refractivity contribution in [1.29, 1.82) is 0 Å². The average molecular weight is 304 g/mol. The molecule has 1 aromatic heterocycles. The van der Waals surface area contributed by atoms with Crippen molar-refractivity contribution in [3.05, 3.63) is 44.9 Å². The zero-order chi connectivity index (χ0) is 15.2. The van der Waals surface area contributed by atoms with Crippen LogP contribution in [0.25, 0.3) is 0 Å². The van der Waals surface area contributed by atoms with E-state index in [1.165, 1.54) is 21.7 Å². The smallest absolute Gasteiger partial charge is 0.131 e. The highest BCUT2D eigenvalue weighted by Crippen LogP contribution is 2.26. The van der Waals surface area contributed by atoms with Gasteiger partial charge in [0, 0.05) is 11.9 Å². The lowest BCUT2D eigenvalue weighted by Crippen LogP contribution is -2.06. The maximum absolute atomic E-state index is 6.00. The Labute approximate surface area is 131 Å². The van der Waals surface area contributed by atoms with Gasteiger partial charge in [0.1, 0.15) is 12.4 Å². The number of hydrogen-bond acceptors (Lipinski definition) is 4. The molecule has 0 spiro atoms. The van der Waals surface area contributed by atoms with Gasteiger partial charge in [-0.3, -0.25) is 0 Å². The summed E-state index contributed by atoms with van der Waals surface area (Å²) >= 11 is 1.73. The van der Waals surface area contributed by atoms with Gasteiger partial charge in [0.15, 0.2) is 0 Å². The highest BCUT2D eigenvalue weighted by Gasteiger charge is 2.08. The van der Waals surface area contributed by atoms with Gasteiger partial charge in [0.05, 0.1) is 10.7 Å². The minimum Gasteiger partial charge on any atom is -0.487 e. The van der Waals surface area contributed by atoms with Gasteiger partial charge in [-0.2, -0.15) is 0 Å². The van der Waals surface area contributed by atoms with Crippen LogP contribution < -0.4 is 10.1 Å². The van der Waals surface area contributed by atoms with Gasteiger partial charge in [-0.1, -0.05) is 19.1 Å². The van der Waals surface area contributed by atoms with Gasteiger partial charge in [-0.25, -0.2) is 4.98 Å². The summed E-state index contributed by atoms with van der Waals surface area (Å²) in [5.74, 6) is 0.986. The minimum atomic E-state index is 0.549. The molecule has 4 heteroatoms. The number of benzene rings is 1. The van der Waals surface area contributed by atoms with E-state index in [1.54, 1.807) is 11.3 Å². The van der Waals surface area contributed by atoms with Crippen LogP contribution in [-0.4, -0.2) is 12.0 Å². The van der Waals surface area contributed by atoms with Crippen molar-refractivity contribution in [2.75, 3.05) is 7.05 Å². The Hall–Kier alpha value is -1.39. The lowest BCUT2D eigenvalue weighted by molar-refractivity contribution is 0.297. The first kappa shape index (κ1) is 16.0. The largest absolute Gasteiger partial charge is 0.487 e. The maximum Gasteiger partial charge on any atom is 0.131 e. The third-order valence-electron chi connectivity index (χ3n) is 3.33. The van der Waals surface area contributed by atoms with Gasteiger partial charge >= 0.3 is 0 Å². The highest BCUT2D eigenvalue weighted by atomic mass is 32.1. The summed E-state index contributed by atoms with van der Waals surface area (Å²) in [6, 6.07) is 4.37. The van der Waals surface area contributed by atoms with E-state index in [2.05, 4.69) is 48.6 Å². The first-order valence-electron chi connectivity index (χ1n) is 7.44. The molecule has 2 aromatic rings. The second-order valence-electron chi connectivity index (χ2n) is 5.36. The van der Waals surface area contributed by atoms with E-state index in [9.17, 15) is 0 Å². The molecule has 1 N–H and O–H groups in total. The van der Waals surface area contributed by atoms with Crippen LogP contribution in [0, 0.1) is 13.8 Å². The number of nitrogens with zero attached hydrogens (tertiary/aromatic N) is 1. The molecule has 114 valence electrons. The fraction of sp³-hybridized carbons (Fsp3) is 0.471. The molecule has 0 atom stereocenters. The Bertz CT molecular complexity index is 569. The van der Waals surface area contributed by atoms with Crippen LogP contribution in [0.15, 0.2) is 17.5 Å². The summed E-state index contributed by atoms with van der Waals surface area (Å²) in [4.78, 5) is 4.60. The minimum absolute atomic E-state index is 0.549. The lowest BCUT2D eigenvalue weighted by atomic mass is 10.1. The first-order valence-corrected chi connectivity index (χ1v) is 8.32. The zero-order valence-corrected chi connectivity index (χ0v) is 14.1.